The molecule has 1 saturated carbocycles. The van der Waals surface area contributed by atoms with Crippen LogP contribution in [0.4, 0.5) is 0 Å². The first-order chi connectivity index (χ1) is 17.1. The fraction of sp³-hybridized carbons (Fsp3) is 0.464. The van der Waals surface area contributed by atoms with Crippen LogP contribution in [0.1, 0.15) is 62.3 Å². The molecule has 0 spiro atoms. The number of ether oxygens (including phenoxy) is 2. The molecule has 0 bridgehead atoms. The zero-order valence-corrected chi connectivity index (χ0v) is 20.4. The van der Waals surface area contributed by atoms with Crippen LogP contribution in [0.3, 0.4) is 0 Å². The van der Waals surface area contributed by atoms with Crippen molar-refractivity contribution in [2.24, 2.45) is 5.92 Å². The van der Waals surface area contributed by atoms with Crippen LogP contribution in [0.25, 0.3) is 22.8 Å². The van der Waals surface area contributed by atoms with Crippen LogP contribution in [-0.4, -0.2) is 36.0 Å². The fourth-order valence-corrected chi connectivity index (χ4v) is 4.85. The van der Waals surface area contributed by atoms with Crippen molar-refractivity contribution in [3.63, 3.8) is 0 Å². The molecule has 7 nitrogen and oxygen atoms in total. The minimum atomic E-state index is -0.0127. The van der Waals surface area contributed by atoms with Crippen molar-refractivity contribution in [1.29, 1.82) is 5.26 Å². The summed E-state index contributed by atoms with van der Waals surface area (Å²) in [5.74, 6) is 2.30. The van der Waals surface area contributed by atoms with Crippen molar-refractivity contribution < 1.29 is 14.0 Å². The lowest BCUT2D eigenvalue weighted by atomic mass is 9.86. The first kappa shape index (κ1) is 23.5. The molecule has 7 heteroatoms. The van der Waals surface area contributed by atoms with Gasteiger partial charge in [0.1, 0.15) is 11.8 Å². The van der Waals surface area contributed by atoms with Gasteiger partial charge >= 0.3 is 0 Å². The van der Waals surface area contributed by atoms with Crippen LogP contribution in [0.15, 0.2) is 40.9 Å². The minimum Gasteiger partial charge on any atom is -0.490 e. The normalized spacial score (nSPS) is 17.3. The molecular weight excluding hydrogens is 440 g/mol. The molecule has 2 aliphatic carbocycles. The van der Waals surface area contributed by atoms with E-state index in [9.17, 15) is 5.26 Å². The Morgan fingerprint density at radius 1 is 1.20 bits per heavy atom. The van der Waals surface area contributed by atoms with E-state index >= 15 is 0 Å². The van der Waals surface area contributed by atoms with E-state index in [1.807, 2.05) is 19.9 Å². The second-order valence-corrected chi connectivity index (χ2v) is 9.70. The number of hydrogen-bond acceptors (Lipinski definition) is 7. The zero-order valence-electron chi connectivity index (χ0n) is 20.4. The molecule has 2 aromatic carbocycles. The van der Waals surface area contributed by atoms with Gasteiger partial charge in [0.25, 0.3) is 5.89 Å². The highest BCUT2D eigenvalue weighted by atomic mass is 16.5. The van der Waals surface area contributed by atoms with E-state index in [-0.39, 0.29) is 6.10 Å². The summed E-state index contributed by atoms with van der Waals surface area (Å²) in [4.78, 5) is 4.67. The van der Waals surface area contributed by atoms with Gasteiger partial charge in [-0.1, -0.05) is 29.8 Å². The molecule has 1 fully saturated rings. The Kier molecular flexibility index (Phi) is 7.12. The maximum Gasteiger partial charge on any atom is 0.258 e. The Bertz CT molecular complexity index is 1210. The Balaban J connectivity index is 1.27. The first-order valence-corrected chi connectivity index (χ1v) is 12.6. The van der Waals surface area contributed by atoms with Gasteiger partial charge in [-0.2, -0.15) is 10.2 Å². The maximum absolute atomic E-state index is 9.54. The summed E-state index contributed by atoms with van der Waals surface area (Å²) < 4.78 is 17.2. The van der Waals surface area contributed by atoms with Crippen LogP contribution in [0.5, 0.6) is 5.75 Å². The van der Waals surface area contributed by atoms with E-state index in [2.05, 4.69) is 39.7 Å². The molecule has 0 aliphatic heterocycles. The molecule has 0 amide bonds. The standard InChI is InChI=1S/C28H32N4O3/c1-18(2)34-26-12-9-20(15-21(26)16-29)28-31-27(32-35-28)24-8-4-7-23-22(24)10-11-25(23)30-13-14-33-17-19-5-3-6-19/h4,7-9,12,15,18-19,25,30H,3,5-6,10-11,13-14,17H2,1-2H3/t25-/m0/s1. The number of nitrogens with zero attached hydrogens (tertiary/aromatic N) is 3. The van der Waals surface area contributed by atoms with Gasteiger partial charge in [-0.05, 0) is 74.8 Å². The quantitative estimate of drug-likeness (QED) is 0.392. The lowest BCUT2D eigenvalue weighted by molar-refractivity contribution is 0.0708. The molecule has 5 rings (SSSR count). The van der Waals surface area contributed by atoms with Gasteiger partial charge in [-0.3, -0.25) is 0 Å². The minimum absolute atomic E-state index is 0.0127. The van der Waals surface area contributed by atoms with Gasteiger partial charge in [0.2, 0.25) is 5.82 Å². The third-order valence-electron chi connectivity index (χ3n) is 6.86. The van der Waals surface area contributed by atoms with Gasteiger partial charge in [0, 0.05) is 30.3 Å². The van der Waals surface area contributed by atoms with Gasteiger partial charge in [0.05, 0.1) is 18.3 Å². The smallest absolute Gasteiger partial charge is 0.258 e. The molecular formula is C28H32N4O3. The number of hydrogen-bond donors (Lipinski definition) is 1. The largest absolute Gasteiger partial charge is 0.490 e. The molecule has 35 heavy (non-hydrogen) atoms. The molecule has 0 unspecified atom stereocenters. The van der Waals surface area contributed by atoms with E-state index in [1.54, 1.807) is 12.1 Å². The van der Waals surface area contributed by atoms with Crippen molar-refractivity contribution in [1.82, 2.24) is 15.5 Å². The van der Waals surface area contributed by atoms with Crippen molar-refractivity contribution in [3.05, 3.63) is 53.1 Å². The van der Waals surface area contributed by atoms with Crippen molar-refractivity contribution in [2.75, 3.05) is 19.8 Å². The summed E-state index contributed by atoms with van der Waals surface area (Å²) in [5.41, 5.74) is 4.72. The predicted octanol–water partition coefficient (Wildman–Crippen LogP) is 5.46. The van der Waals surface area contributed by atoms with Gasteiger partial charge in [-0.25, -0.2) is 0 Å². The average Bonchev–Trinajstić information content (AvgIpc) is 3.48. The molecule has 0 radical (unpaired) electrons. The summed E-state index contributed by atoms with van der Waals surface area (Å²) in [7, 11) is 0. The SMILES string of the molecule is CC(C)Oc1ccc(-c2nc(-c3cccc4c3CC[C@@H]4NCCOCC3CCC3)no2)cc1C#N. The highest BCUT2D eigenvalue weighted by Gasteiger charge is 2.26. The van der Waals surface area contributed by atoms with E-state index < -0.39 is 0 Å². The number of rotatable bonds is 10. The summed E-state index contributed by atoms with van der Waals surface area (Å²) >= 11 is 0. The monoisotopic (exact) mass is 472 g/mol. The van der Waals surface area contributed by atoms with Gasteiger partial charge < -0.3 is 19.3 Å². The lowest BCUT2D eigenvalue weighted by Crippen LogP contribution is -2.25. The number of nitrogens with one attached hydrogen (secondary N) is 1. The average molecular weight is 473 g/mol. The summed E-state index contributed by atoms with van der Waals surface area (Å²) in [5, 5.41) is 17.5. The highest BCUT2D eigenvalue weighted by Crippen LogP contribution is 2.37. The molecule has 1 N–H and O–H groups in total. The predicted molar refractivity (Wildman–Crippen MR) is 133 cm³/mol. The number of fused-ring (bicyclic) bond motifs is 1. The Morgan fingerprint density at radius 3 is 2.86 bits per heavy atom. The van der Waals surface area contributed by atoms with E-state index in [0.717, 1.165) is 44.1 Å². The van der Waals surface area contributed by atoms with Gasteiger partial charge in [-0.15, -0.1) is 0 Å². The van der Waals surface area contributed by atoms with Crippen molar-refractivity contribution in [2.45, 2.75) is 58.1 Å². The summed E-state index contributed by atoms with van der Waals surface area (Å²) in [6, 6.07) is 14.2. The molecule has 2 aliphatic rings. The van der Waals surface area contributed by atoms with Crippen LogP contribution >= 0.6 is 0 Å². The maximum atomic E-state index is 9.54. The molecule has 0 saturated heterocycles. The van der Waals surface area contributed by atoms with Crippen LogP contribution in [0, 0.1) is 17.2 Å². The molecule has 3 aromatic rings. The highest BCUT2D eigenvalue weighted by molar-refractivity contribution is 5.67. The number of benzene rings is 2. The summed E-state index contributed by atoms with van der Waals surface area (Å²) in [6.45, 7) is 6.37. The topological polar surface area (TPSA) is 93.2 Å². The van der Waals surface area contributed by atoms with Crippen molar-refractivity contribution in [3.8, 4) is 34.7 Å². The second-order valence-electron chi connectivity index (χ2n) is 9.70. The second kappa shape index (κ2) is 10.6. The third kappa shape index (κ3) is 5.24. The molecule has 1 heterocycles. The van der Waals surface area contributed by atoms with E-state index in [0.29, 0.717) is 34.6 Å². The summed E-state index contributed by atoms with van der Waals surface area (Å²) in [6.07, 6.45) is 6.00. The molecule has 182 valence electrons. The Morgan fingerprint density at radius 2 is 2.09 bits per heavy atom. The van der Waals surface area contributed by atoms with Crippen LogP contribution in [0.2, 0.25) is 0 Å². The first-order valence-electron chi connectivity index (χ1n) is 12.6. The van der Waals surface area contributed by atoms with Crippen LogP contribution in [-0.2, 0) is 11.2 Å². The van der Waals surface area contributed by atoms with Gasteiger partial charge in [0.15, 0.2) is 0 Å². The third-order valence-corrected chi connectivity index (χ3v) is 6.86. The fourth-order valence-electron chi connectivity index (χ4n) is 4.85. The van der Waals surface area contributed by atoms with E-state index in [1.165, 1.54) is 30.4 Å². The van der Waals surface area contributed by atoms with Crippen molar-refractivity contribution >= 4 is 0 Å². The number of aromatic nitrogens is 2. The van der Waals surface area contributed by atoms with E-state index in [4.69, 9.17) is 14.0 Å². The zero-order chi connectivity index (χ0) is 24.2. The lowest BCUT2D eigenvalue weighted by Gasteiger charge is -2.25. The van der Waals surface area contributed by atoms with Crippen LogP contribution < -0.4 is 10.1 Å². The molecule has 1 atom stereocenters. The Hall–Kier alpha value is -3.21. The number of nitriles is 1. The molecule has 1 aromatic heterocycles. The Labute approximate surface area is 206 Å².